The predicted octanol–water partition coefficient (Wildman–Crippen LogP) is 3.24. The van der Waals surface area contributed by atoms with Crippen molar-refractivity contribution in [2.75, 3.05) is 5.73 Å². The molecule has 2 aromatic rings. The van der Waals surface area contributed by atoms with Crippen LogP contribution in [0.2, 0.25) is 0 Å². The first kappa shape index (κ1) is 15.0. The van der Waals surface area contributed by atoms with Crippen LogP contribution in [-0.4, -0.2) is 9.91 Å². The van der Waals surface area contributed by atoms with Gasteiger partial charge >= 0.3 is 0 Å². The van der Waals surface area contributed by atoms with E-state index in [9.17, 15) is 15.4 Å². The van der Waals surface area contributed by atoms with Crippen molar-refractivity contribution in [2.24, 2.45) is 5.92 Å². The van der Waals surface area contributed by atoms with Gasteiger partial charge in [-0.2, -0.15) is 5.26 Å². The fraction of sp³-hybridized carbons (Fsp3) is 0.294. The Morgan fingerprint density at radius 1 is 1.48 bits per heavy atom. The third-order valence-electron chi connectivity index (χ3n) is 4.30. The van der Waals surface area contributed by atoms with Gasteiger partial charge < -0.3 is 5.73 Å². The summed E-state index contributed by atoms with van der Waals surface area (Å²) in [5, 5.41) is 20.6. The second kappa shape index (κ2) is 5.69. The number of nitro groups is 1. The lowest BCUT2D eigenvalue weighted by Crippen LogP contribution is -2.16. The molecule has 1 aromatic heterocycles. The number of nitriles is 1. The van der Waals surface area contributed by atoms with Gasteiger partial charge in [-0.15, -0.1) is 0 Å². The Hall–Kier alpha value is -2.94. The number of nitrogen functional groups attached to an aromatic ring is 1. The van der Waals surface area contributed by atoms with E-state index in [2.05, 4.69) is 18.0 Å². The van der Waals surface area contributed by atoms with E-state index in [4.69, 9.17) is 5.73 Å². The number of rotatable bonds is 2. The van der Waals surface area contributed by atoms with Gasteiger partial charge in [0.05, 0.1) is 4.92 Å². The summed E-state index contributed by atoms with van der Waals surface area (Å²) in [4.78, 5) is 15.0. The minimum atomic E-state index is -0.435. The van der Waals surface area contributed by atoms with Crippen molar-refractivity contribution in [2.45, 2.75) is 26.2 Å². The zero-order valence-corrected chi connectivity index (χ0v) is 12.7. The number of nitrogens with two attached hydrogens (primary N) is 1. The molecule has 0 fully saturated rings. The van der Waals surface area contributed by atoms with Crippen LogP contribution in [-0.2, 0) is 12.8 Å². The standard InChI is InChI=1S/C17H16N4O2/c1-10-5-6-15-13(7-10)16(14(9-18)17(19)20-15)11-3-2-4-12(8-11)21(22)23/h2-4,8,10H,5-7H2,1H3,(H2,19,20). The number of nitro benzene ring substituents is 1. The monoisotopic (exact) mass is 308 g/mol. The van der Waals surface area contributed by atoms with Gasteiger partial charge in [-0.3, -0.25) is 10.1 Å². The first-order valence-electron chi connectivity index (χ1n) is 7.47. The van der Waals surface area contributed by atoms with Gasteiger partial charge in [-0.1, -0.05) is 19.1 Å². The van der Waals surface area contributed by atoms with Gasteiger partial charge in [0.2, 0.25) is 0 Å². The average molecular weight is 308 g/mol. The fourth-order valence-electron chi connectivity index (χ4n) is 3.16. The minimum absolute atomic E-state index is 0.000573. The summed E-state index contributed by atoms with van der Waals surface area (Å²) in [5.74, 6) is 0.680. The van der Waals surface area contributed by atoms with Gasteiger partial charge in [-0.05, 0) is 36.3 Å². The molecule has 1 atom stereocenters. The van der Waals surface area contributed by atoms with E-state index < -0.39 is 4.92 Å². The number of non-ortho nitro benzene ring substituents is 1. The lowest BCUT2D eigenvalue weighted by molar-refractivity contribution is -0.384. The maximum atomic E-state index is 11.1. The van der Waals surface area contributed by atoms with Crippen LogP contribution in [0.25, 0.3) is 11.1 Å². The Balaban J connectivity index is 2.29. The topological polar surface area (TPSA) is 106 Å². The molecular formula is C17H16N4O2. The van der Waals surface area contributed by atoms with Crippen LogP contribution in [0, 0.1) is 27.4 Å². The number of anilines is 1. The maximum Gasteiger partial charge on any atom is 0.270 e. The molecule has 6 nitrogen and oxygen atoms in total. The highest BCUT2D eigenvalue weighted by molar-refractivity contribution is 5.80. The van der Waals surface area contributed by atoms with Crippen LogP contribution >= 0.6 is 0 Å². The number of pyridine rings is 1. The van der Waals surface area contributed by atoms with Crippen LogP contribution in [0.5, 0.6) is 0 Å². The molecule has 1 aliphatic carbocycles. The largest absolute Gasteiger partial charge is 0.383 e. The maximum absolute atomic E-state index is 11.1. The quantitative estimate of drug-likeness (QED) is 0.677. The van der Waals surface area contributed by atoms with E-state index in [1.807, 2.05) is 0 Å². The molecule has 0 spiro atoms. The van der Waals surface area contributed by atoms with Crippen molar-refractivity contribution in [1.82, 2.24) is 4.98 Å². The Labute approximate surface area is 133 Å². The molecule has 2 N–H and O–H groups in total. The molecule has 0 bridgehead atoms. The number of nitrogens with zero attached hydrogens (tertiary/aromatic N) is 3. The normalized spacial score (nSPS) is 16.4. The van der Waals surface area contributed by atoms with Gasteiger partial charge in [-0.25, -0.2) is 4.98 Å². The van der Waals surface area contributed by atoms with Crippen molar-refractivity contribution < 1.29 is 4.92 Å². The van der Waals surface area contributed by atoms with E-state index in [1.54, 1.807) is 12.1 Å². The highest BCUT2D eigenvalue weighted by Crippen LogP contribution is 2.38. The number of hydrogen-bond donors (Lipinski definition) is 1. The molecule has 1 aliphatic rings. The second-order valence-electron chi connectivity index (χ2n) is 5.94. The van der Waals surface area contributed by atoms with Crippen LogP contribution < -0.4 is 5.73 Å². The Kier molecular flexibility index (Phi) is 3.70. The Morgan fingerprint density at radius 2 is 2.26 bits per heavy atom. The minimum Gasteiger partial charge on any atom is -0.383 e. The second-order valence-corrected chi connectivity index (χ2v) is 5.94. The summed E-state index contributed by atoms with van der Waals surface area (Å²) >= 11 is 0. The molecule has 0 amide bonds. The zero-order chi connectivity index (χ0) is 16.6. The van der Waals surface area contributed by atoms with Crippen LogP contribution in [0.4, 0.5) is 11.5 Å². The zero-order valence-electron chi connectivity index (χ0n) is 12.7. The smallest absolute Gasteiger partial charge is 0.270 e. The Morgan fingerprint density at radius 3 is 2.96 bits per heavy atom. The summed E-state index contributed by atoms with van der Waals surface area (Å²) in [6.45, 7) is 2.16. The van der Waals surface area contributed by atoms with Crippen LogP contribution in [0.15, 0.2) is 24.3 Å². The molecular weight excluding hydrogens is 292 g/mol. The molecule has 1 aromatic carbocycles. The summed E-state index contributed by atoms with van der Waals surface area (Å²) in [6, 6.07) is 8.46. The van der Waals surface area contributed by atoms with Crippen molar-refractivity contribution in [3.63, 3.8) is 0 Å². The lowest BCUT2D eigenvalue weighted by atomic mass is 9.82. The molecule has 3 rings (SSSR count). The van der Waals surface area contributed by atoms with E-state index >= 15 is 0 Å². The summed E-state index contributed by atoms with van der Waals surface area (Å²) in [5.41, 5.74) is 9.51. The van der Waals surface area contributed by atoms with E-state index in [0.29, 0.717) is 22.6 Å². The predicted molar refractivity (Wildman–Crippen MR) is 86.6 cm³/mol. The van der Waals surface area contributed by atoms with Crippen molar-refractivity contribution in [3.05, 3.63) is 51.2 Å². The highest BCUT2D eigenvalue weighted by Gasteiger charge is 2.25. The number of fused-ring (bicyclic) bond motifs is 1. The number of hydrogen-bond acceptors (Lipinski definition) is 5. The molecule has 0 aliphatic heterocycles. The van der Waals surface area contributed by atoms with E-state index in [1.165, 1.54) is 12.1 Å². The molecule has 116 valence electrons. The van der Waals surface area contributed by atoms with Crippen molar-refractivity contribution >= 4 is 11.5 Å². The first-order chi connectivity index (χ1) is 11.0. The number of aryl methyl sites for hydroxylation is 1. The van der Waals surface area contributed by atoms with Gasteiger partial charge in [0.15, 0.2) is 0 Å². The fourth-order valence-corrected chi connectivity index (χ4v) is 3.16. The molecule has 0 saturated carbocycles. The van der Waals surface area contributed by atoms with Crippen molar-refractivity contribution in [3.8, 4) is 17.2 Å². The van der Waals surface area contributed by atoms with E-state index in [-0.39, 0.29) is 11.5 Å². The molecule has 1 unspecified atom stereocenters. The average Bonchev–Trinajstić information content (AvgIpc) is 2.54. The van der Waals surface area contributed by atoms with Crippen molar-refractivity contribution in [1.29, 1.82) is 5.26 Å². The van der Waals surface area contributed by atoms with Gasteiger partial charge in [0, 0.05) is 23.4 Å². The molecule has 6 heteroatoms. The molecule has 0 radical (unpaired) electrons. The van der Waals surface area contributed by atoms with Gasteiger partial charge in [0.1, 0.15) is 17.5 Å². The third kappa shape index (κ3) is 2.61. The number of benzene rings is 1. The highest BCUT2D eigenvalue weighted by atomic mass is 16.6. The van der Waals surface area contributed by atoms with Crippen LogP contribution in [0.1, 0.15) is 30.2 Å². The first-order valence-corrected chi connectivity index (χ1v) is 7.47. The summed E-state index contributed by atoms with van der Waals surface area (Å²) in [7, 11) is 0. The SMILES string of the molecule is CC1CCc2nc(N)c(C#N)c(-c3cccc([N+](=O)[O-])c3)c2C1. The number of aromatic nitrogens is 1. The molecule has 23 heavy (non-hydrogen) atoms. The van der Waals surface area contributed by atoms with Crippen LogP contribution in [0.3, 0.4) is 0 Å². The molecule has 0 saturated heterocycles. The third-order valence-corrected chi connectivity index (χ3v) is 4.30. The van der Waals surface area contributed by atoms with Gasteiger partial charge in [0.25, 0.3) is 5.69 Å². The summed E-state index contributed by atoms with van der Waals surface area (Å²) in [6.07, 6.45) is 2.64. The molecule has 1 heterocycles. The van der Waals surface area contributed by atoms with E-state index in [0.717, 1.165) is 30.5 Å². The summed E-state index contributed by atoms with van der Waals surface area (Å²) < 4.78 is 0. The lowest BCUT2D eigenvalue weighted by Gasteiger charge is -2.24. The Bertz CT molecular complexity index is 839.